The van der Waals surface area contributed by atoms with Gasteiger partial charge in [0.2, 0.25) is 0 Å². The summed E-state index contributed by atoms with van der Waals surface area (Å²) in [5.41, 5.74) is 0. The van der Waals surface area contributed by atoms with Gasteiger partial charge in [0.1, 0.15) is 0 Å². The number of esters is 1. The maximum atomic E-state index is 12.0. The highest BCUT2D eigenvalue weighted by atomic mass is 16.5. The molecule has 12 nitrogen and oxygen atoms in total. The van der Waals surface area contributed by atoms with Gasteiger partial charge in [0, 0.05) is 78.5 Å². The van der Waals surface area contributed by atoms with Crippen molar-refractivity contribution < 1.29 is 34.3 Å². The fourth-order valence-electron chi connectivity index (χ4n) is 4.47. The van der Waals surface area contributed by atoms with Crippen LogP contribution in [0.2, 0.25) is 0 Å². The quantitative estimate of drug-likeness (QED) is 0.131. The summed E-state index contributed by atoms with van der Waals surface area (Å²) in [5.74, 6) is -0.230. The highest BCUT2D eigenvalue weighted by molar-refractivity contribution is 5.71. The number of nitrogens with zero attached hydrogens (tertiary/aromatic N) is 5. The lowest BCUT2D eigenvalue weighted by atomic mass is 10.2. The van der Waals surface area contributed by atoms with E-state index >= 15 is 0 Å². The fraction of sp³-hybridized carbons (Fsp3) is 0.962. The predicted molar refractivity (Wildman–Crippen MR) is 147 cm³/mol. The SMILES string of the molecule is CCN1CCN(CC)CCN(CC(O)CN(CCOCCO)CCOCCO)CCN(CC(=O)OC)CC1. The van der Waals surface area contributed by atoms with Crippen LogP contribution < -0.4 is 0 Å². The molecule has 1 fully saturated rings. The first-order valence-electron chi connectivity index (χ1n) is 14.2. The van der Waals surface area contributed by atoms with Crippen LogP contribution in [0.3, 0.4) is 0 Å². The van der Waals surface area contributed by atoms with Crippen LogP contribution in [0, 0.1) is 0 Å². The molecule has 3 N–H and O–H groups in total. The molecule has 0 saturated carbocycles. The van der Waals surface area contributed by atoms with E-state index in [4.69, 9.17) is 24.4 Å². The number of likely N-dealkylation sites (N-methyl/N-ethyl adjacent to an activating group) is 2. The molecular formula is C26H55N5O7. The lowest BCUT2D eigenvalue weighted by Crippen LogP contribution is -2.49. The van der Waals surface area contributed by atoms with E-state index in [1.165, 1.54) is 7.11 Å². The number of β-amino-alcohol motifs (C(OH)–C–C–N with tert-alkyl or cyclic N) is 1. The van der Waals surface area contributed by atoms with Crippen molar-refractivity contribution in [2.75, 3.05) is 145 Å². The molecule has 1 heterocycles. The Morgan fingerprint density at radius 3 is 1.63 bits per heavy atom. The second-order valence-electron chi connectivity index (χ2n) is 9.65. The van der Waals surface area contributed by atoms with Gasteiger partial charge in [-0.2, -0.15) is 0 Å². The largest absolute Gasteiger partial charge is 0.468 e. The highest BCUT2D eigenvalue weighted by Crippen LogP contribution is 2.04. The van der Waals surface area contributed by atoms with Crippen LogP contribution in [-0.2, 0) is 19.0 Å². The van der Waals surface area contributed by atoms with Crippen LogP contribution in [0.15, 0.2) is 0 Å². The van der Waals surface area contributed by atoms with Crippen LogP contribution in [0.5, 0.6) is 0 Å². The molecule has 1 aliphatic rings. The Morgan fingerprint density at radius 2 is 1.21 bits per heavy atom. The number of hydrogen-bond acceptors (Lipinski definition) is 12. The van der Waals surface area contributed by atoms with Crippen molar-refractivity contribution in [1.82, 2.24) is 24.5 Å². The van der Waals surface area contributed by atoms with E-state index in [1.807, 2.05) is 0 Å². The molecule has 38 heavy (non-hydrogen) atoms. The molecular weight excluding hydrogens is 494 g/mol. The van der Waals surface area contributed by atoms with E-state index < -0.39 is 6.10 Å². The fourth-order valence-corrected chi connectivity index (χ4v) is 4.47. The van der Waals surface area contributed by atoms with Crippen molar-refractivity contribution in [2.24, 2.45) is 0 Å². The molecule has 1 unspecified atom stereocenters. The van der Waals surface area contributed by atoms with Gasteiger partial charge < -0.3 is 39.3 Å². The van der Waals surface area contributed by atoms with Crippen molar-refractivity contribution in [3.05, 3.63) is 0 Å². The molecule has 1 rings (SSSR count). The van der Waals surface area contributed by atoms with Gasteiger partial charge in [-0.1, -0.05) is 13.8 Å². The molecule has 226 valence electrons. The summed E-state index contributed by atoms with van der Waals surface area (Å²) in [7, 11) is 1.43. The third-order valence-electron chi connectivity index (χ3n) is 6.92. The van der Waals surface area contributed by atoms with Crippen LogP contribution in [0.25, 0.3) is 0 Å². The lowest BCUT2D eigenvalue weighted by Gasteiger charge is -2.34. The molecule has 1 saturated heterocycles. The summed E-state index contributed by atoms with van der Waals surface area (Å²) in [4.78, 5) is 23.5. The van der Waals surface area contributed by atoms with Crippen molar-refractivity contribution in [3.8, 4) is 0 Å². The van der Waals surface area contributed by atoms with Gasteiger partial charge in [-0.25, -0.2) is 0 Å². The summed E-state index contributed by atoms with van der Waals surface area (Å²) < 4.78 is 15.8. The number of methoxy groups -OCH3 is 1. The molecule has 0 aromatic carbocycles. The Balaban J connectivity index is 2.80. The van der Waals surface area contributed by atoms with E-state index in [9.17, 15) is 9.90 Å². The second-order valence-corrected chi connectivity index (χ2v) is 9.65. The summed E-state index contributed by atoms with van der Waals surface area (Å²) in [6.45, 7) is 17.2. The standard InChI is InChI=1S/C26H55N5O7/c1-4-27-6-7-28(5-2)9-11-30(24-26(35)36-3)13-12-29(10-8-27)22-25(34)23-31(14-18-37-20-16-32)15-19-38-21-17-33/h25,32-34H,4-24H2,1-3H3. The number of hydrogen-bond donors (Lipinski definition) is 3. The number of aliphatic hydroxyl groups is 3. The average Bonchev–Trinajstić information content (AvgIpc) is 2.91. The monoisotopic (exact) mass is 549 g/mol. The normalized spacial score (nSPS) is 18.8. The molecule has 0 aliphatic carbocycles. The van der Waals surface area contributed by atoms with Crippen LogP contribution >= 0.6 is 0 Å². The molecule has 0 amide bonds. The molecule has 1 aliphatic heterocycles. The maximum Gasteiger partial charge on any atom is 0.319 e. The third kappa shape index (κ3) is 16.9. The summed E-state index contributed by atoms with van der Waals surface area (Å²) in [5, 5.41) is 29.0. The average molecular weight is 550 g/mol. The van der Waals surface area contributed by atoms with Gasteiger partial charge in [0.25, 0.3) is 0 Å². The molecule has 1 atom stereocenters. The number of aliphatic hydroxyl groups excluding tert-OH is 3. The van der Waals surface area contributed by atoms with Crippen LogP contribution in [0.1, 0.15) is 13.8 Å². The number of ether oxygens (including phenoxy) is 3. The first-order chi connectivity index (χ1) is 18.4. The lowest BCUT2D eigenvalue weighted by molar-refractivity contribution is -0.142. The van der Waals surface area contributed by atoms with Crippen molar-refractivity contribution >= 4 is 5.97 Å². The van der Waals surface area contributed by atoms with Gasteiger partial charge >= 0.3 is 5.97 Å². The predicted octanol–water partition coefficient (Wildman–Crippen LogP) is -1.90. The zero-order chi connectivity index (χ0) is 28.0. The zero-order valence-electron chi connectivity index (χ0n) is 24.1. The van der Waals surface area contributed by atoms with Gasteiger partial charge in [-0.15, -0.1) is 0 Å². The molecule has 0 aromatic rings. The van der Waals surface area contributed by atoms with E-state index in [-0.39, 0.29) is 38.9 Å². The molecule has 0 radical (unpaired) electrons. The van der Waals surface area contributed by atoms with Gasteiger partial charge in [0.05, 0.1) is 59.4 Å². The van der Waals surface area contributed by atoms with E-state index in [0.717, 1.165) is 65.4 Å². The molecule has 0 aromatic heterocycles. The molecule has 12 heteroatoms. The van der Waals surface area contributed by atoms with Crippen LogP contribution in [-0.4, -0.2) is 197 Å². The number of rotatable bonds is 18. The highest BCUT2D eigenvalue weighted by Gasteiger charge is 2.20. The van der Waals surface area contributed by atoms with Crippen molar-refractivity contribution in [2.45, 2.75) is 20.0 Å². The summed E-state index contributed by atoms with van der Waals surface area (Å²) >= 11 is 0. The van der Waals surface area contributed by atoms with Crippen molar-refractivity contribution in [1.29, 1.82) is 0 Å². The minimum Gasteiger partial charge on any atom is -0.468 e. The Hall–Kier alpha value is -0.930. The maximum absolute atomic E-state index is 12.0. The van der Waals surface area contributed by atoms with E-state index in [2.05, 4.69) is 38.3 Å². The smallest absolute Gasteiger partial charge is 0.319 e. The Bertz CT molecular complexity index is 566. The minimum atomic E-state index is -0.571. The van der Waals surface area contributed by atoms with E-state index in [1.54, 1.807) is 0 Å². The molecule has 0 bridgehead atoms. The Kier molecular flexibility index (Phi) is 21.1. The molecule has 0 spiro atoms. The van der Waals surface area contributed by atoms with Crippen LogP contribution in [0.4, 0.5) is 0 Å². The first-order valence-corrected chi connectivity index (χ1v) is 14.2. The zero-order valence-corrected chi connectivity index (χ0v) is 24.1. The van der Waals surface area contributed by atoms with Crippen molar-refractivity contribution in [3.63, 3.8) is 0 Å². The first kappa shape index (κ1) is 35.1. The Morgan fingerprint density at radius 1 is 0.763 bits per heavy atom. The van der Waals surface area contributed by atoms with Gasteiger partial charge in [-0.05, 0) is 13.1 Å². The number of carbonyl (C=O) groups excluding carboxylic acids is 1. The minimum absolute atomic E-state index is 0.0184. The topological polar surface area (TPSA) is 122 Å². The third-order valence-corrected chi connectivity index (χ3v) is 6.92. The Labute approximate surface area is 230 Å². The summed E-state index contributed by atoms with van der Waals surface area (Å²) in [6, 6.07) is 0. The summed E-state index contributed by atoms with van der Waals surface area (Å²) in [6.07, 6.45) is -0.571. The van der Waals surface area contributed by atoms with Gasteiger partial charge in [-0.3, -0.25) is 19.5 Å². The van der Waals surface area contributed by atoms with E-state index in [0.29, 0.717) is 39.4 Å². The second kappa shape index (κ2) is 22.8. The van der Waals surface area contributed by atoms with Gasteiger partial charge in [0.15, 0.2) is 0 Å². The number of carbonyl (C=O) groups is 1.